The van der Waals surface area contributed by atoms with Crippen molar-refractivity contribution < 1.29 is 19.4 Å². The molecule has 140 valence electrons. The summed E-state index contributed by atoms with van der Waals surface area (Å²) in [4.78, 5) is 25.5. The second-order valence-electron chi connectivity index (χ2n) is 6.85. The van der Waals surface area contributed by atoms with Gasteiger partial charge < -0.3 is 14.7 Å². The SMILES string of the molecule is O=C(O)C(CC1CCCCC1)N1CC(Oc2ccc(Cl)cc2Cl)=CC1=O. The van der Waals surface area contributed by atoms with Crippen LogP contribution in [-0.4, -0.2) is 34.5 Å². The summed E-state index contributed by atoms with van der Waals surface area (Å²) < 4.78 is 5.70. The summed E-state index contributed by atoms with van der Waals surface area (Å²) in [6, 6.07) is 3.98. The lowest BCUT2D eigenvalue weighted by Gasteiger charge is -2.30. The Morgan fingerprint density at radius 2 is 2.00 bits per heavy atom. The molecule has 5 nitrogen and oxygen atoms in total. The molecule has 3 rings (SSSR count). The number of benzene rings is 1. The van der Waals surface area contributed by atoms with Gasteiger partial charge >= 0.3 is 5.97 Å². The van der Waals surface area contributed by atoms with E-state index < -0.39 is 12.0 Å². The average Bonchev–Trinajstić information content (AvgIpc) is 2.96. The van der Waals surface area contributed by atoms with Crippen LogP contribution in [0.1, 0.15) is 38.5 Å². The number of halogens is 2. The van der Waals surface area contributed by atoms with E-state index in [0.29, 0.717) is 33.9 Å². The zero-order valence-corrected chi connectivity index (χ0v) is 15.8. The van der Waals surface area contributed by atoms with Gasteiger partial charge in [0.25, 0.3) is 5.91 Å². The van der Waals surface area contributed by atoms with E-state index in [0.717, 1.165) is 25.7 Å². The number of nitrogens with zero attached hydrogens (tertiary/aromatic N) is 1. The van der Waals surface area contributed by atoms with Gasteiger partial charge in [-0.1, -0.05) is 55.3 Å². The van der Waals surface area contributed by atoms with E-state index in [1.165, 1.54) is 17.4 Å². The molecule has 1 aromatic carbocycles. The second kappa shape index (κ2) is 8.31. The van der Waals surface area contributed by atoms with Gasteiger partial charge in [-0.3, -0.25) is 4.79 Å². The smallest absolute Gasteiger partial charge is 0.326 e. The van der Waals surface area contributed by atoms with E-state index in [-0.39, 0.29) is 12.5 Å². The van der Waals surface area contributed by atoms with Crippen LogP contribution in [-0.2, 0) is 9.59 Å². The molecule has 1 saturated carbocycles. The fourth-order valence-corrected chi connectivity index (χ4v) is 4.08. The zero-order chi connectivity index (χ0) is 18.7. The fourth-order valence-electron chi connectivity index (χ4n) is 3.64. The van der Waals surface area contributed by atoms with E-state index in [1.54, 1.807) is 18.2 Å². The lowest BCUT2D eigenvalue weighted by molar-refractivity contribution is -0.148. The van der Waals surface area contributed by atoms with E-state index in [9.17, 15) is 14.7 Å². The predicted octanol–water partition coefficient (Wildman–Crippen LogP) is 4.52. The van der Waals surface area contributed by atoms with Crippen LogP contribution >= 0.6 is 23.2 Å². The number of carboxylic acids is 1. The van der Waals surface area contributed by atoms with Crippen molar-refractivity contribution in [3.05, 3.63) is 40.1 Å². The van der Waals surface area contributed by atoms with E-state index in [2.05, 4.69) is 0 Å². The van der Waals surface area contributed by atoms with Crippen molar-refractivity contribution in [3.8, 4) is 5.75 Å². The van der Waals surface area contributed by atoms with Crippen LogP contribution in [0.3, 0.4) is 0 Å². The molecule has 26 heavy (non-hydrogen) atoms. The lowest BCUT2D eigenvalue weighted by atomic mass is 9.84. The summed E-state index contributed by atoms with van der Waals surface area (Å²) >= 11 is 12.0. The van der Waals surface area contributed by atoms with Gasteiger partial charge in [-0.05, 0) is 30.5 Å². The first-order valence-corrected chi connectivity index (χ1v) is 9.56. The molecule has 7 heteroatoms. The van der Waals surface area contributed by atoms with E-state index in [4.69, 9.17) is 27.9 Å². The maximum absolute atomic E-state index is 12.4. The Morgan fingerprint density at radius 3 is 2.65 bits per heavy atom. The van der Waals surface area contributed by atoms with Crippen molar-refractivity contribution in [2.24, 2.45) is 5.92 Å². The van der Waals surface area contributed by atoms with Gasteiger partial charge in [-0.2, -0.15) is 0 Å². The van der Waals surface area contributed by atoms with Crippen molar-refractivity contribution in [1.29, 1.82) is 0 Å². The Balaban J connectivity index is 1.67. The summed E-state index contributed by atoms with van der Waals surface area (Å²) in [7, 11) is 0. The van der Waals surface area contributed by atoms with Crippen LogP contribution in [0.4, 0.5) is 0 Å². The Morgan fingerprint density at radius 1 is 1.27 bits per heavy atom. The lowest BCUT2D eigenvalue weighted by Crippen LogP contribution is -2.44. The minimum Gasteiger partial charge on any atom is -0.480 e. The maximum atomic E-state index is 12.4. The number of aliphatic carboxylic acids is 1. The molecule has 1 amide bonds. The number of hydrogen-bond donors (Lipinski definition) is 1. The number of hydrogen-bond acceptors (Lipinski definition) is 3. The van der Waals surface area contributed by atoms with Crippen LogP contribution in [0.15, 0.2) is 30.0 Å². The van der Waals surface area contributed by atoms with Crippen LogP contribution in [0, 0.1) is 5.92 Å². The first-order valence-electron chi connectivity index (χ1n) is 8.81. The van der Waals surface area contributed by atoms with Gasteiger partial charge in [-0.25, -0.2) is 4.79 Å². The summed E-state index contributed by atoms with van der Waals surface area (Å²) in [6.45, 7) is 0.126. The zero-order valence-electron chi connectivity index (χ0n) is 14.3. The summed E-state index contributed by atoms with van der Waals surface area (Å²) in [6.07, 6.45) is 7.36. The predicted molar refractivity (Wildman–Crippen MR) is 99.5 cm³/mol. The fraction of sp³-hybridized carbons (Fsp3) is 0.474. The third-order valence-electron chi connectivity index (χ3n) is 4.97. The van der Waals surface area contributed by atoms with Crippen molar-refractivity contribution in [1.82, 2.24) is 4.90 Å². The summed E-state index contributed by atoms with van der Waals surface area (Å²) in [5.41, 5.74) is 0. The quantitative estimate of drug-likeness (QED) is 0.765. The van der Waals surface area contributed by atoms with Gasteiger partial charge in [-0.15, -0.1) is 0 Å². The molecule has 0 saturated heterocycles. The molecule has 0 radical (unpaired) electrons. The molecule has 1 unspecified atom stereocenters. The van der Waals surface area contributed by atoms with Gasteiger partial charge in [0.15, 0.2) is 0 Å². The number of rotatable bonds is 6. The maximum Gasteiger partial charge on any atom is 0.326 e. The Bertz CT molecular complexity index is 728. The average molecular weight is 398 g/mol. The van der Waals surface area contributed by atoms with Gasteiger partial charge in [0.05, 0.1) is 11.6 Å². The number of ether oxygens (including phenoxy) is 1. The molecular formula is C19H21Cl2NO4. The summed E-state index contributed by atoms with van der Waals surface area (Å²) in [5, 5.41) is 10.5. The molecule has 1 aromatic rings. The monoisotopic (exact) mass is 397 g/mol. The molecular weight excluding hydrogens is 377 g/mol. The number of carboxylic acid groups (broad SMARTS) is 1. The Hall–Kier alpha value is -1.72. The van der Waals surface area contributed by atoms with Crippen LogP contribution in [0.5, 0.6) is 5.75 Å². The molecule has 0 spiro atoms. The van der Waals surface area contributed by atoms with Crippen molar-refractivity contribution in [2.75, 3.05) is 6.54 Å². The number of amides is 1. The van der Waals surface area contributed by atoms with Crippen LogP contribution in [0.25, 0.3) is 0 Å². The number of carbonyl (C=O) groups excluding carboxylic acids is 1. The molecule has 1 fully saturated rings. The second-order valence-corrected chi connectivity index (χ2v) is 7.69. The topological polar surface area (TPSA) is 66.8 Å². The molecule has 1 N–H and O–H groups in total. The van der Waals surface area contributed by atoms with E-state index >= 15 is 0 Å². The van der Waals surface area contributed by atoms with Gasteiger partial charge in [0, 0.05) is 11.1 Å². The van der Waals surface area contributed by atoms with Gasteiger partial charge in [0.2, 0.25) is 0 Å². The molecule has 1 heterocycles. The highest BCUT2D eigenvalue weighted by Crippen LogP contribution is 2.32. The minimum absolute atomic E-state index is 0.126. The normalized spacial score (nSPS) is 19.4. The first-order chi connectivity index (χ1) is 12.4. The summed E-state index contributed by atoms with van der Waals surface area (Å²) in [5.74, 6) is -0.185. The van der Waals surface area contributed by atoms with E-state index in [1.807, 2.05) is 0 Å². The molecule has 2 aliphatic rings. The standard InChI is InChI=1S/C19H21Cl2NO4/c20-13-6-7-17(15(21)9-13)26-14-10-18(23)22(11-14)16(19(24)25)8-12-4-2-1-3-5-12/h6-7,9-10,12,16H,1-5,8,11H2,(H,24,25). The highest BCUT2D eigenvalue weighted by molar-refractivity contribution is 6.35. The third kappa shape index (κ3) is 4.51. The Labute approximate surface area is 162 Å². The number of carbonyl (C=O) groups is 2. The third-order valence-corrected chi connectivity index (χ3v) is 5.50. The van der Waals surface area contributed by atoms with Crippen LogP contribution in [0.2, 0.25) is 10.0 Å². The van der Waals surface area contributed by atoms with Crippen molar-refractivity contribution in [3.63, 3.8) is 0 Å². The molecule has 1 atom stereocenters. The highest BCUT2D eigenvalue weighted by Gasteiger charge is 2.36. The van der Waals surface area contributed by atoms with Gasteiger partial charge in [0.1, 0.15) is 17.6 Å². The van der Waals surface area contributed by atoms with Crippen LogP contribution < -0.4 is 4.74 Å². The van der Waals surface area contributed by atoms with Crippen molar-refractivity contribution in [2.45, 2.75) is 44.6 Å². The minimum atomic E-state index is -0.969. The largest absolute Gasteiger partial charge is 0.480 e. The molecule has 0 aromatic heterocycles. The first kappa shape index (κ1) is 19.1. The molecule has 1 aliphatic heterocycles. The highest BCUT2D eigenvalue weighted by atomic mass is 35.5. The van der Waals surface area contributed by atoms with Crippen molar-refractivity contribution >= 4 is 35.1 Å². The molecule has 1 aliphatic carbocycles. The Kier molecular flexibility index (Phi) is 6.09. The molecule has 0 bridgehead atoms.